The van der Waals surface area contributed by atoms with Gasteiger partial charge in [-0.25, -0.2) is 41.2 Å². The number of aryl methyl sites for hydroxylation is 3. The Labute approximate surface area is 815 Å². The molecular weight excluding hydrogens is 1860 g/mol. The average molecular weight is 1930 g/mol. The maximum Gasteiger partial charge on any atom is 3.00 e. The summed E-state index contributed by atoms with van der Waals surface area (Å²) in [5, 5.41) is 6.17. The topological polar surface area (TPSA) is 187 Å². The van der Waals surface area contributed by atoms with E-state index >= 15 is 0 Å². The minimum absolute atomic E-state index is 0. The maximum atomic E-state index is 6.06. The largest absolute Gasteiger partial charge is 3.00 e. The molecule has 0 saturated heterocycles. The number of pyridine rings is 6. The smallest absolute Gasteiger partial charge is 0.535 e. The van der Waals surface area contributed by atoms with Crippen molar-refractivity contribution >= 4 is 123 Å². The van der Waals surface area contributed by atoms with Gasteiger partial charge in [0.15, 0.2) is 17.0 Å². The van der Waals surface area contributed by atoms with Crippen molar-refractivity contribution in [3.05, 3.63) is 432 Å². The zero-order chi connectivity index (χ0) is 87.7. The van der Waals surface area contributed by atoms with Crippen LogP contribution in [0.15, 0.2) is 395 Å². The second kappa shape index (κ2) is 39.6. The molecule has 1 radical (unpaired) electrons. The number of anilines is 5. The quantitative estimate of drug-likeness (QED) is 0.0476. The van der Waals surface area contributed by atoms with Gasteiger partial charge >= 0.3 is 71.6 Å². The number of imidazole rings is 1. The molecule has 17 aromatic heterocycles. The van der Waals surface area contributed by atoms with Crippen molar-refractivity contribution in [2.45, 2.75) is 0 Å². The van der Waals surface area contributed by atoms with E-state index in [1.807, 2.05) is 296 Å². The number of nitrogens with zero attached hydrogens (tertiary/aromatic N) is 17. The Balaban J connectivity index is 0.000000119. The summed E-state index contributed by atoms with van der Waals surface area (Å²) in [5.74, 6) is 7.43. The van der Waals surface area contributed by atoms with Crippen LogP contribution in [-0.2, 0) is 87.1 Å². The molecule has 0 atom stereocenters. The first-order chi connectivity index (χ1) is 64.7. The zero-order valence-electron chi connectivity index (χ0n) is 72.1. The third-order valence-electron chi connectivity index (χ3n) is 22.7. The fourth-order valence-corrected chi connectivity index (χ4v) is 16.6. The van der Waals surface area contributed by atoms with E-state index in [9.17, 15) is 0 Å². The fraction of sp³-hybridized carbons (Fsp3) is 0.0364. The van der Waals surface area contributed by atoms with Crippen LogP contribution in [0.2, 0.25) is 0 Å². The summed E-state index contributed by atoms with van der Waals surface area (Å²) in [6, 6.07) is 125. The summed E-state index contributed by atoms with van der Waals surface area (Å²) in [5.41, 5.74) is 17.8. The molecule has 0 saturated carbocycles. The minimum Gasteiger partial charge on any atom is -0.535 e. The summed E-state index contributed by atoms with van der Waals surface area (Å²) in [6.45, 7) is 0.505. The van der Waals surface area contributed by atoms with Gasteiger partial charge in [0.25, 0.3) is 0 Å². The zero-order valence-corrected chi connectivity index (χ0v) is 76.0. The van der Waals surface area contributed by atoms with Gasteiger partial charge in [-0.15, -0.1) is 141 Å². The number of oxazole rings is 1. The second-order valence-corrected chi connectivity index (χ2v) is 30.9. The Hall–Kier alpha value is -16.0. The van der Waals surface area contributed by atoms with Crippen molar-refractivity contribution in [3.8, 4) is 74.3 Å². The SMILES string of the molecule is C[n+]1c[cH-]c2c1[n+](C)cn2-c1cccc(N(C[C-]=Cc2coc3oc[c-]c23)c2ccccc2)n1.Cn1[c-]c(-c2nc3c(ccn3-c3cccc(-n4[c-]ccc4)n3)o2)c2ccccc21.[Ni+2].[Ni+2].[Ni+2].[Ni+3].[c-]1ccccc1-c1cccc(-n2c3ccccc3c3ccc(-c4[c-]cccc4)nc32)n1.[c-]1coc2cccc(-c3cccc(N(c4ccccc4)c4cccc(-n5ccc6ccc[c-]c65)n4)n3)c12. The normalized spacial score (nSPS) is 11.1. The van der Waals surface area contributed by atoms with Gasteiger partial charge in [-0.2, -0.15) is 30.3 Å². The van der Waals surface area contributed by atoms with E-state index in [0.29, 0.717) is 23.8 Å². The van der Waals surface area contributed by atoms with Gasteiger partial charge < -0.3 is 36.3 Å². The molecule has 0 aliphatic carbocycles. The first kappa shape index (κ1) is 89.6. The van der Waals surface area contributed by atoms with Crippen LogP contribution in [0.1, 0.15) is 5.56 Å². The number of para-hydroxylation sites is 5. The van der Waals surface area contributed by atoms with Crippen LogP contribution in [0.3, 0.4) is 0 Å². The molecule has 25 aromatic rings. The first-order valence-electron chi connectivity index (χ1n) is 42.4. The number of benzene rings is 8. The van der Waals surface area contributed by atoms with Gasteiger partial charge in [-0.3, -0.25) is 33.6 Å². The van der Waals surface area contributed by atoms with Gasteiger partial charge in [-0.05, 0) is 110 Å². The summed E-state index contributed by atoms with van der Waals surface area (Å²) in [4.78, 5) is 38.9. The third kappa shape index (κ3) is 17.8. The monoisotopic (exact) mass is 1930 g/mol. The number of furan rings is 3. The molecule has 661 valence electrons. The third-order valence-corrected chi connectivity index (χ3v) is 22.7. The number of hydrogen-bond donors (Lipinski definition) is 0. The number of aromatic nitrogens is 15. The molecule has 0 spiro atoms. The van der Waals surface area contributed by atoms with E-state index in [2.05, 4.69) is 185 Å². The van der Waals surface area contributed by atoms with E-state index in [4.69, 9.17) is 52.6 Å². The molecule has 0 aliphatic heterocycles. The molecular formula is C110H74N17Ni4O4+2. The molecule has 0 bridgehead atoms. The van der Waals surface area contributed by atoms with Crippen LogP contribution in [0.4, 0.5) is 28.8 Å². The summed E-state index contributed by atoms with van der Waals surface area (Å²) < 4.78 is 38.6. The molecule has 0 amide bonds. The Morgan fingerprint density at radius 2 is 1.10 bits per heavy atom. The Bertz CT molecular complexity index is 8440. The molecule has 0 unspecified atom stereocenters. The van der Waals surface area contributed by atoms with Crippen LogP contribution < -0.4 is 18.9 Å². The van der Waals surface area contributed by atoms with Gasteiger partial charge in [0, 0.05) is 70.0 Å². The Morgan fingerprint density at radius 1 is 0.452 bits per heavy atom. The number of fused-ring (bicyclic) bond motifs is 9. The van der Waals surface area contributed by atoms with Crippen LogP contribution in [-0.4, -0.2) is 68.8 Å². The van der Waals surface area contributed by atoms with E-state index in [1.54, 1.807) is 12.5 Å². The summed E-state index contributed by atoms with van der Waals surface area (Å²) in [6.07, 6.45) is 26.5. The van der Waals surface area contributed by atoms with Crippen molar-refractivity contribution in [3.63, 3.8) is 0 Å². The average Bonchev–Trinajstić information content (AvgIpc) is 1.60. The van der Waals surface area contributed by atoms with E-state index in [-0.39, 0.29) is 66.0 Å². The first-order valence-corrected chi connectivity index (χ1v) is 42.4. The minimum atomic E-state index is 0. The predicted octanol–water partition coefficient (Wildman–Crippen LogP) is 23.2. The van der Waals surface area contributed by atoms with Crippen LogP contribution in [0.25, 0.3) is 169 Å². The molecule has 0 N–H and O–H groups in total. The maximum absolute atomic E-state index is 6.06. The number of hydrogen-bond acceptors (Lipinski definition) is 13. The molecule has 8 aromatic carbocycles. The van der Waals surface area contributed by atoms with E-state index in [1.165, 1.54) is 6.26 Å². The van der Waals surface area contributed by atoms with E-state index in [0.717, 1.165) is 180 Å². The van der Waals surface area contributed by atoms with Gasteiger partial charge in [0.05, 0.1) is 17.5 Å². The van der Waals surface area contributed by atoms with Gasteiger partial charge in [0.1, 0.15) is 66.4 Å². The van der Waals surface area contributed by atoms with Crippen molar-refractivity contribution < 1.29 is 92.8 Å². The standard InChI is InChI=1S/C32H20N4O.C28H17N3.C27H22N5O2.C23H15N5O.4Ni/c1-2-10-24(11-3-1)36(31-17-7-13-27(33-31)25-12-6-15-29-26(25)20-22-37-29)32-18-8-16-30(34-32)35-21-19-23-9-4-5-14-28(23)35;1-3-10-20(11-4-1)24-15-9-17-27(29-24)31-26-16-8-7-14-22(26)23-18-19-25(30-28(23)31)21-12-5-2-6-13-21;1-29-16-13-23-26(29)30(2)19-32(23)25-12-6-11-24(28-25)31(21-9-4-3-5-10-21)15-7-8-20-18-34-27-22(20)14-17-33-27;1-26-15-17(16-7-2-3-8-18(16)26)23-25-22-19(29-23)11-14-28(22)21-10-6-9-20(24-21)27-12-4-5-13-27;;;;/h1-13,15-19,21-22H;1-10,12,14-19H;3-6,8-13,16-19H,15H2,1-2H3;2-12,14H,1H3;;;;/q2*-2;-1;-2;3*+2;+3. The predicted molar refractivity (Wildman–Crippen MR) is 509 cm³/mol. The van der Waals surface area contributed by atoms with Gasteiger partial charge in [-0.1, -0.05) is 180 Å². The summed E-state index contributed by atoms with van der Waals surface area (Å²) >= 11 is 0. The van der Waals surface area contributed by atoms with E-state index < -0.39 is 0 Å². The second-order valence-electron chi connectivity index (χ2n) is 30.9. The molecule has 0 aliphatic rings. The van der Waals surface area contributed by atoms with Crippen LogP contribution in [0.5, 0.6) is 0 Å². The molecule has 25 rings (SSSR count). The van der Waals surface area contributed by atoms with Crippen LogP contribution >= 0.6 is 0 Å². The van der Waals surface area contributed by atoms with Crippen molar-refractivity contribution in [1.82, 2.24) is 62.3 Å². The molecule has 21 nitrogen and oxygen atoms in total. The summed E-state index contributed by atoms with van der Waals surface area (Å²) in [7, 11) is 6.07. The van der Waals surface area contributed by atoms with Crippen molar-refractivity contribution in [1.29, 1.82) is 0 Å². The molecule has 25 heteroatoms. The number of rotatable bonds is 17. The Kier molecular flexibility index (Phi) is 26.3. The van der Waals surface area contributed by atoms with Crippen molar-refractivity contribution in [2.75, 3.05) is 16.3 Å². The fourth-order valence-electron chi connectivity index (χ4n) is 16.6. The van der Waals surface area contributed by atoms with Crippen molar-refractivity contribution in [2.24, 2.45) is 21.1 Å². The Morgan fingerprint density at radius 3 is 1.88 bits per heavy atom. The molecule has 135 heavy (non-hydrogen) atoms. The van der Waals surface area contributed by atoms with Crippen LogP contribution in [0, 0.1) is 48.8 Å². The molecule has 0 fully saturated rings. The van der Waals surface area contributed by atoms with Gasteiger partial charge in [0.2, 0.25) is 6.33 Å². The molecule has 17 heterocycles.